The van der Waals surface area contributed by atoms with Crippen molar-refractivity contribution in [3.8, 4) is 0 Å². The van der Waals surface area contributed by atoms with Crippen molar-refractivity contribution in [2.45, 2.75) is 0 Å². The maximum absolute atomic E-state index is 9.00. The molecule has 0 aliphatic carbocycles. The Morgan fingerprint density at radius 3 is 0.688 bits per heavy atom. The van der Waals surface area contributed by atoms with Gasteiger partial charge < -0.3 is 15.3 Å². The van der Waals surface area contributed by atoms with E-state index in [0.29, 0.717) is 0 Å². The number of aliphatic carboxylic acids is 3. The Hall–Kier alpha value is -2.05. The molecule has 0 bridgehead atoms. The molecule has 16 heavy (non-hydrogen) atoms. The van der Waals surface area contributed by atoms with Gasteiger partial charge in [-0.3, -0.25) is 14.4 Å². The van der Waals surface area contributed by atoms with Gasteiger partial charge in [-0.25, -0.2) is 14.4 Å². The van der Waals surface area contributed by atoms with Crippen LogP contribution in [0.3, 0.4) is 0 Å². The van der Waals surface area contributed by atoms with Gasteiger partial charge in [-0.15, -0.1) is 0 Å². The molecule has 0 saturated heterocycles. The molecule has 0 unspecified atom stereocenters. The topological polar surface area (TPSA) is 163 Å². The summed E-state index contributed by atoms with van der Waals surface area (Å²) in [6.07, 6.45) is -0.500. The van der Waals surface area contributed by atoms with Crippen LogP contribution in [0.5, 0.6) is 0 Å². The number of carbonyl (C=O) groups is 6. The van der Waals surface area contributed by atoms with Gasteiger partial charge in [-0.2, -0.15) is 0 Å². The molecule has 0 saturated carbocycles. The van der Waals surface area contributed by atoms with E-state index >= 15 is 0 Å². The molecular formula is C6H6CrO9. The van der Waals surface area contributed by atoms with E-state index in [0.717, 1.165) is 0 Å². The zero-order chi connectivity index (χ0) is 12.9. The largest absolute Gasteiger partial charge is 0.476 e. The first-order valence-corrected chi connectivity index (χ1v) is 2.86. The number of rotatable bonds is 3. The van der Waals surface area contributed by atoms with Crippen LogP contribution in [-0.2, 0) is 46.1 Å². The molecule has 90 valence electrons. The molecule has 0 heterocycles. The molecule has 0 aliphatic rings. The number of hydrogen-bond donors (Lipinski definition) is 3. The second-order valence-corrected chi connectivity index (χ2v) is 1.37. The zero-order valence-electron chi connectivity index (χ0n) is 7.43. The molecule has 3 N–H and O–H groups in total. The van der Waals surface area contributed by atoms with Gasteiger partial charge in [0.2, 0.25) is 18.9 Å². The van der Waals surface area contributed by atoms with Gasteiger partial charge in [0.15, 0.2) is 0 Å². The van der Waals surface area contributed by atoms with Crippen molar-refractivity contribution in [1.82, 2.24) is 0 Å². The van der Waals surface area contributed by atoms with E-state index in [1.807, 2.05) is 0 Å². The van der Waals surface area contributed by atoms with Crippen LogP contribution >= 0.6 is 0 Å². The molecular weight excluding hydrogens is 268 g/mol. The summed E-state index contributed by atoms with van der Waals surface area (Å²) in [4.78, 5) is 53.7. The second kappa shape index (κ2) is 18.7. The number of carbonyl (C=O) groups excluding carboxylic acids is 3. The standard InChI is InChI=1S/3C2H2O3.Cr/c3*3-1-2(4)5;/h3*1H,(H,4,5);. The predicted molar refractivity (Wildman–Crippen MR) is 41.1 cm³/mol. The average molecular weight is 274 g/mol. The van der Waals surface area contributed by atoms with Gasteiger partial charge in [0.1, 0.15) is 0 Å². The van der Waals surface area contributed by atoms with Crippen molar-refractivity contribution in [2.24, 2.45) is 0 Å². The predicted octanol–water partition coefficient (Wildman–Crippen LogP) is -2.19. The van der Waals surface area contributed by atoms with E-state index in [4.69, 9.17) is 44.1 Å². The Bertz CT molecular complexity index is 216. The van der Waals surface area contributed by atoms with E-state index in [1.54, 1.807) is 0 Å². The SMILES string of the molecule is O=CC(=O)O.O=CC(=O)O.O=CC(=O)O.[Cr]. The van der Waals surface area contributed by atoms with Crippen LogP contribution in [0.2, 0.25) is 0 Å². The minimum Gasteiger partial charge on any atom is -0.476 e. The summed E-state index contributed by atoms with van der Waals surface area (Å²) < 4.78 is 0. The van der Waals surface area contributed by atoms with E-state index in [-0.39, 0.29) is 36.2 Å². The molecule has 0 radical (unpaired) electrons. The van der Waals surface area contributed by atoms with Crippen molar-refractivity contribution >= 4 is 36.8 Å². The van der Waals surface area contributed by atoms with Gasteiger partial charge in [0.05, 0.1) is 0 Å². The van der Waals surface area contributed by atoms with Gasteiger partial charge in [0, 0.05) is 17.4 Å². The Labute approximate surface area is 98.8 Å². The fraction of sp³-hybridized carbons (Fsp3) is 0. The maximum Gasteiger partial charge on any atom is 0.368 e. The fourth-order valence-corrected chi connectivity index (χ4v) is 0. The summed E-state index contributed by atoms with van der Waals surface area (Å²) in [7, 11) is 0. The molecule has 9 nitrogen and oxygen atoms in total. The number of hydrogen-bond acceptors (Lipinski definition) is 6. The van der Waals surface area contributed by atoms with E-state index in [2.05, 4.69) is 0 Å². The Kier molecular flexibility index (Phi) is 27.6. The fourth-order valence-electron chi connectivity index (χ4n) is 0. The second-order valence-electron chi connectivity index (χ2n) is 1.37. The van der Waals surface area contributed by atoms with Gasteiger partial charge in [-0.1, -0.05) is 0 Å². The minimum atomic E-state index is -1.43. The van der Waals surface area contributed by atoms with Crippen molar-refractivity contribution in [2.75, 3.05) is 0 Å². The molecule has 0 amide bonds. The maximum atomic E-state index is 9.00. The van der Waals surface area contributed by atoms with Crippen LogP contribution < -0.4 is 0 Å². The van der Waals surface area contributed by atoms with Gasteiger partial charge in [0.25, 0.3) is 0 Å². The van der Waals surface area contributed by atoms with Crippen LogP contribution in [0, 0.1) is 0 Å². The molecule has 0 atom stereocenters. The Morgan fingerprint density at radius 2 is 0.688 bits per heavy atom. The summed E-state index contributed by atoms with van der Waals surface area (Å²) in [5.74, 6) is -4.28. The number of carboxylic acids is 3. The van der Waals surface area contributed by atoms with Crippen molar-refractivity contribution in [1.29, 1.82) is 0 Å². The molecule has 0 aromatic carbocycles. The third-order valence-electron chi connectivity index (χ3n) is 0.302. The molecule has 0 aromatic heterocycles. The van der Waals surface area contributed by atoms with Crippen molar-refractivity contribution in [3.05, 3.63) is 0 Å². The first kappa shape index (κ1) is 23.6. The number of aldehydes is 3. The average Bonchev–Trinajstić information content (AvgIpc) is 2.19. The first-order valence-electron chi connectivity index (χ1n) is 2.86. The van der Waals surface area contributed by atoms with Crippen LogP contribution in [0.1, 0.15) is 0 Å². The molecule has 0 rings (SSSR count). The quantitative estimate of drug-likeness (QED) is 0.383. The van der Waals surface area contributed by atoms with Crippen molar-refractivity contribution in [3.63, 3.8) is 0 Å². The summed E-state index contributed by atoms with van der Waals surface area (Å²) >= 11 is 0. The van der Waals surface area contributed by atoms with E-state index < -0.39 is 17.9 Å². The van der Waals surface area contributed by atoms with E-state index in [1.165, 1.54) is 0 Å². The number of carboxylic acid groups (broad SMARTS) is 3. The van der Waals surface area contributed by atoms with Crippen LogP contribution in [0.15, 0.2) is 0 Å². The first-order chi connectivity index (χ1) is 6.81. The zero-order valence-corrected chi connectivity index (χ0v) is 8.71. The summed E-state index contributed by atoms with van der Waals surface area (Å²) in [6, 6.07) is 0. The third kappa shape index (κ3) is 91.8. The smallest absolute Gasteiger partial charge is 0.368 e. The van der Waals surface area contributed by atoms with Crippen LogP contribution in [0.25, 0.3) is 0 Å². The molecule has 0 aromatic rings. The molecule has 0 aliphatic heterocycles. The normalized spacial score (nSPS) is 6.00. The Balaban J connectivity index is -0.0000000655. The van der Waals surface area contributed by atoms with Crippen molar-refractivity contribution < 1.29 is 61.4 Å². The monoisotopic (exact) mass is 274 g/mol. The minimum absolute atomic E-state index is 0. The van der Waals surface area contributed by atoms with E-state index in [9.17, 15) is 0 Å². The third-order valence-corrected chi connectivity index (χ3v) is 0.302. The molecule has 10 heteroatoms. The molecule has 0 spiro atoms. The van der Waals surface area contributed by atoms with Crippen LogP contribution in [-0.4, -0.2) is 52.1 Å². The molecule has 0 fully saturated rings. The van der Waals surface area contributed by atoms with Crippen LogP contribution in [0.4, 0.5) is 0 Å². The summed E-state index contributed by atoms with van der Waals surface area (Å²) in [6.45, 7) is 0. The van der Waals surface area contributed by atoms with Gasteiger partial charge in [-0.05, 0) is 0 Å². The summed E-state index contributed by atoms with van der Waals surface area (Å²) in [5.41, 5.74) is 0. The summed E-state index contributed by atoms with van der Waals surface area (Å²) in [5, 5.41) is 22.1. The van der Waals surface area contributed by atoms with Gasteiger partial charge >= 0.3 is 17.9 Å². The Morgan fingerprint density at radius 1 is 0.625 bits per heavy atom.